The minimum absolute atomic E-state index is 0.230. The number of aromatic nitrogens is 1. The number of fused-ring (bicyclic) bond motifs is 1. The standard InChI is InChI=1S/C21H21N3O4S/c25-19-22-17-7-6-16(8-18(17)28-19)29-23-15-9-21(10-15)12-24(13-21)20(26)27-11-14-4-2-1-3-5-14/h1-8,15,23H,9-13H2,(H,22,25). The molecule has 2 fully saturated rings. The molecule has 0 atom stereocenters. The molecule has 2 aliphatic rings. The summed E-state index contributed by atoms with van der Waals surface area (Å²) in [4.78, 5) is 28.8. The number of H-pyrrole nitrogens is 1. The van der Waals surface area contributed by atoms with Crippen LogP contribution in [-0.4, -0.2) is 35.1 Å². The number of hydrogen-bond acceptors (Lipinski definition) is 6. The van der Waals surface area contributed by atoms with Gasteiger partial charge in [0.2, 0.25) is 0 Å². The van der Waals surface area contributed by atoms with E-state index < -0.39 is 5.76 Å². The van der Waals surface area contributed by atoms with Crippen LogP contribution in [0.3, 0.4) is 0 Å². The van der Waals surface area contributed by atoms with Crippen LogP contribution >= 0.6 is 11.9 Å². The normalized spacial score (nSPS) is 17.9. The lowest BCUT2D eigenvalue weighted by Gasteiger charge is -2.58. The molecule has 2 heterocycles. The number of hydrogen-bond donors (Lipinski definition) is 2. The Labute approximate surface area is 171 Å². The van der Waals surface area contributed by atoms with Crippen LogP contribution < -0.4 is 10.5 Å². The topological polar surface area (TPSA) is 87.6 Å². The molecule has 1 amide bonds. The number of nitrogens with zero attached hydrogens (tertiary/aromatic N) is 1. The Morgan fingerprint density at radius 2 is 2.03 bits per heavy atom. The largest absolute Gasteiger partial charge is 0.445 e. The van der Waals surface area contributed by atoms with E-state index in [1.807, 2.05) is 48.5 Å². The molecule has 7 nitrogen and oxygen atoms in total. The van der Waals surface area contributed by atoms with Gasteiger partial charge in [0.1, 0.15) is 6.61 Å². The average Bonchev–Trinajstić information content (AvgIpc) is 3.04. The molecule has 1 aliphatic heterocycles. The van der Waals surface area contributed by atoms with Crippen molar-refractivity contribution in [2.24, 2.45) is 5.41 Å². The molecular weight excluding hydrogens is 390 g/mol. The number of benzene rings is 2. The van der Waals surface area contributed by atoms with E-state index in [0.717, 1.165) is 36.4 Å². The Bertz CT molecular complexity index is 1080. The first kappa shape index (κ1) is 18.3. The molecule has 150 valence electrons. The number of likely N-dealkylation sites (tertiary alicyclic amines) is 1. The zero-order chi connectivity index (χ0) is 19.8. The molecule has 29 heavy (non-hydrogen) atoms. The molecule has 2 aromatic carbocycles. The van der Waals surface area contributed by atoms with Gasteiger partial charge in [-0.05, 0) is 48.6 Å². The Morgan fingerprint density at radius 1 is 1.24 bits per heavy atom. The van der Waals surface area contributed by atoms with Crippen LogP contribution in [0.5, 0.6) is 0 Å². The highest BCUT2D eigenvalue weighted by Gasteiger charge is 2.54. The van der Waals surface area contributed by atoms with Gasteiger partial charge in [0.05, 0.1) is 5.52 Å². The van der Waals surface area contributed by atoms with Crippen LogP contribution in [0.2, 0.25) is 0 Å². The maximum absolute atomic E-state index is 12.2. The average molecular weight is 411 g/mol. The van der Waals surface area contributed by atoms with Gasteiger partial charge in [-0.1, -0.05) is 30.3 Å². The summed E-state index contributed by atoms with van der Waals surface area (Å²) in [6.45, 7) is 1.85. The third kappa shape index (κ3) is 3.77. The molecule has 1 saturated heterocycles. The Morgan fingerprint density at radius 3 is 2.83 bits per heavy atom. The summed E-state index contributed by atoms with van der Waals surface area (Å²) >= 11 is 1.55. The molecule has 1 aromatic heterocycles. The minimum atomic E-state index is -0.437. The first-order valence-electron chi connectivity index (χ1n) is 9.60. The third-order valence-corrected chi connectivity index (χ3v) is 6.55. The van der Waals surface area contributed by atoms with E-state index in [9.17, 15) is 9.59 Å². The van der Waals surface area contributed by atoms with Crippen LogP contribution in [0.15, 0.2) is 62.6 Å². The van der Waals surface area contributed by atoms with E-state index in [1.165, 1.54) is 0 Å². The predicted molar refractivity (Wildman–Crippen MR) is 109 cm³/mol. The molecule has 3 aromatic rings. The van der Waals surface area contributed by atoms with Gasteiger partial charge < -0.3 is 14.1 Å². The summed E-state index contributed by atoms with van der Waals surface area (Å²) in [5.74, 6) is -0.437. The predicted octanol–water partition coefficient (Wildman–Crippen LogP) is 3.52. The lowest BCUT2D eigenvalue weighted by atomic mass is 9.61. The van der Waals surface area contributed by atoms with Gasteiger partial charge in [-0.3, -0.25) is 9.71 Å². The van der Waals surface area contributed by atoms with Crippen molar-refractivity contribution in [3.05, 3.63) is 64.6 Å². The van der Waals surface area contributed by atoms with Gasteiger partial charge in [-0.2, -0.15) is 0 Å². The van der Waals surface area contributed by atoms with Gasteiger partial charge in [0.15, 0.2) is 5.58 Å². The minimum Gasteiger partial charge on any atom is -0.445 e. The molecule has 0 radical (unpaired) electrons. The second-order valence-corrected chi connectivity index (χ2v) is 8.81. The van der Waals surface area contributed by atoms with Crippen LogP contribution in [-0.2, 0) is 11.3 Å². The quantitative estimate of drug-likeness (QED) is 0.625. The molecule has 1 aliphatic carbocycles. The van der Waals surface area contributed by atoms with Crippen LogP contribution in [0.4, 0.5) is 4.79 Å². The number of aromatic amines is 1. The SMILES string of the molecule is O=C(OCc1ccccc1)N1CC2(CC(NSc3ccc4[nH]c(=O)oc4c3)C2)C1. The van der Waals surface area contributed by atoms with Crippen LogP contribution in [0.1, 0.15) is 18.4 Å². The maximum atomic E-state index is 12.2. The van der Waals surface area contributed by atoms with Crippen molar-refractivity contribution in [1.29, 1.82) is 0 Å². The van der Waals surface area contributed by atoms with Crippen molar-refractivity contribution in [3.63, 3.8) is 0 Å². The smallest absolute Gasteiger partial charge is 0.417 e. The molecule has 0 bridgehead atoms. The Hall–Kier alpha value is -2.71. The summed E-state index contributed by atoms with van der Waals surface area (Å²) in [5.41, 5.74) is 2.51. The van der Waals surface area contributed by atoms with Crippen molar-refractivity contribution in [2.75, 3.05) is 13.1 Å². The molecule has 8 heteroatoms. The van der Waals surface area contributed by atoms with E-state index in [2.05, 4.69) is 9.71 Å². The zero-order valence-corrected chi connectivity index (χ0v) is 16.5. The molecule has 5 rings (SSSR count). The Kier molecular flexibility index (Phi) is 4.60. The fraction of sp³-hybridized carbons (Fsp3) is 0.333. The first-order chi connectivity index (χ1) is 14.1. The van der Waals surface area contributed by atoms with Crippen molar-refractivity contribution >= 4 is 29.1 Å². The van der Waals surface area contributed by atoms with Gasteiger partial charge in [-0.15, -0.1) is 0 Å². The van der Waals surface area contributed by atoms with E-state index in [-0.39, 0.29) is 11.5 Å². The number of carbonyl (C=O) groups excluding carboxylic acids is 1. The van der Waals surface area contributed by atoms with Crippen molar-refractivity contribution in [3.8, 4) is 0 Å². The summed E-state index contributed by atoms with van der Waals surface area (Å²) < 4.78 is 14.0. The summed E-state index contributed by atoms with van der Waals surface area (Å²) in [7, 11) is 0. The van der Waals surface area contributed by atoms with Crippen LogP contribution in [0, 0.1) is 5.41 Å². The van der Waals surface area contributed by atoms with Gasteiger partial charge in [0, 0.05) is 29.4 Å². The lowest BCUT2D eigenvalue weighted by Crippen LogP contribution is -2.66. The number of carbonyl (C=O) groups is 1. The summed E-state index contributed by atoms with van der Waals surface area (Å²) in [6, 6.07) is 15.8. The van der Waals surface area contributed by atoms with E-state index in [1.54, 1.807) is 16.8 Å². The molecule has 2 N–H and O–H groups in total. The Balaban J connectivity index is 1.05. The number of rotatable bonds is 5. The van der Waals surface area contributed by atoms with Crippen molar-refractivity contribution in [2.45, 2.75) is 30.4 Å². The second kappa shape index (κ2) is 7.27. The van der Waals surface area contributed by atoms with E-state index >= 15 is 0 Å². The maximum Gasteiger partial charge on any atom is 0.417 e. The van der Waals surface area contributed by atoms with Gasteiger partial charge in [0.25, 0.3) is 0 Å². The van der Waals surface area contributed by atoms with Gasteiger partial charge >= 0.3 is 11.8 Å². The zero-order valence-electron chi connectivity index (χ0n) is 15.7. The van der Waals surface area contributed by atoms with Gasteiger partial charge in [-0.25, -0.2) is 9.59 Å². The second-order valence-electron chi connectivity index (χ2n) is 7.89. The highest BCUT2D eigenvalue weighted by molar-refractivity contribution is 7.97. The fourth-order valence-electron chi connectivity index (χ4n) is 4.17. The molecule has 1 spiro atoms. The summed E-state index contributed by atoms with van der Waals surface area (Å²) in [5, 5.41) is 0. The highest BCUT2D eigenvalue weighted by Crippen LogP contribution is 2.49. The summed E-state index contributed by atoms with van der Waals surface area (Å²) in [6.07, 6.45) is 1.86. The number of ether oxygens (including phenoxy) is 1. The molecule has 1 saturated carbocycles. The highest BCUT2D eigenvalue weighted by atomic mass is 32.2. The number of nitrogens with one attached hydrogen (secondary N) is 2. The number of amides is 1. The first-order valence-corrected chi connectivity index (χ1v) is 10.4. The lowest BCUT2D eigenvalue weighted by molar-refractivity contribution is -0.0665. The van der Waals surface area contributed by atoms with E-state index in [4.69, 9.17) is 9.15 Å². The molecular formula is C21H21N3O4S. The monoisotopic (exact) mass is 411 g/mol. The van der Waals surface area contributed by atoms with E-state index in [0.29, 0.717) is 23.7 Å². The van der Waals surface area contributed by atoms with Crippen molar-refractivity contribution in [1.82, 2.24) is 14.6 Å². The fourth-order valence-corrected chi connectivity index (χ4v) is 4.94. The van der Waals surface area contributed by atoms with Crippen molar-refractivity contribution < 1.29 is 13.9 Å². The number of oxazole rings is 1. The van der Waals surface area contributed by atoms with Crippen LogP contribution in [0.25, 0.3) is 11.1 Å². The molecule has 0 unspecified atom stereocenters. The third-order valence-electron chi connectivity index (χ3n) is 5.61.